The van der Waals surface area contributed by atoms with Crippen LogP contribution in [0.5, 0.6) is 0 Å². The molecule has 0 fully saturated rings. The zero-order valence-corrected chi connectivity index (χ0v) is 13.4. The van der Waals surface area contributed by atoms with Crippen molar-refractivity contribution in [2.24, 2.45) is 0 Å². The summed E-state index contributed by atoms with van der Waals surface area (Å²) in [6.07, 6.45) is 1.91. The first-order valence-electron chi connectivity index (χ1n) is 5.18. The lowest BCUT2D eigenvalue weighted by Gasteiger charge is -1.96. The first kappa shape index (κ1) is 13.5. The SMILES string of the molecule is Br.Brc1ccc(-c2csc(-c3ccc[nH]3)n2)cc1. The Bertz CT molecular complexity index is 615. The normalized spacial score (nSPS) is 10.1. The minimum Gasteiger partial charge on any atom is -0.359 e. The summed E-state index contributed by atoms with van der Waals surface area (Å²) in [6, 6.07) is 12.2. The number of aromatic amines is 1. The van der Waals surface area contributed by atoms with Gasteiger partial charge in [0.15, 0.2) is 0 Å². The number of rotatable bonds is 2. The van der Waals surface area contributed by atoms with Crippen molar-refractivity contribution in [1.82, 2.24) is 9.97 Å². The van der Waals surface area contributed by atoms with E-state index >= 15 is 0 Å². The number of thiazole rings is 1. The summed E-state index contributed by atoms with van der Waals surface area (Å²) >= 11 is 5.08. The molecule has 2 aromatic heterocycles. The molecule has 3 rings (SSSR count). The van der Waals surface area contributed by atoms with Gasteiger partial charge in [-0.15, -0.1) is 28.3 Å². The van der Waals surface area contributed by atoms with Gasteiger partial charge in [-0.3, -0.25) is 0 Å². The second-order valence-electron chi connectivity index (χ2n) is 3.63. The number of nitrogens with zero attached hydrogens (tertiary/aromatic N) is 1. The van der Waals surface area contributed by atoms with Crippen molar-refractivity contribution in [3.63, 3.8) is 0 Å². The van der Waals surface area contributed by atoms with E-state index in [-0.39, 0.29) is 17.0 Å². The lowest BCUT2D eigenvalue weighted by molar-refractivity contribution is 1.34. The van der Waals surface area contributed by atoms with Crippen molar-refractivity contribution in [3.8, 4) is 22.0 Å². The summed E-state index contributed by atoms with van der Waals surface area (Å²) in [7, 11) is 0. The van der Waals surface area contributed by atoms with E-state index in [2.05, 4.69) is 43.4 Å². The van der Waals surface area contributed by atoms with Crippen LogP contribution in [0.15, 0.2) is 52.4 Å². The van der Waals surface area contributed by atoms with Gasteiger partial charge in [0.05, 0.1) is 11.4 Å². The molecule has 0 saturated heterocycles. The predicted octanol–water partition coefficient (Wildman–Crippen LogP) is 5.15. The Balaban J connectivity index is 0.00000120. The van der Waals surface area contributed by atoms with Gasteiger partial charge in [0.25, 0.3) is 0 Å². The van der Waals surface area contributed by atoms with Gasteiger partial charge in [0.2, 0.25) is 0 Å². The molecule has 5 heteroatoms. The van der Waals surface area contributed by atoms with Crippen LogP contribution in [0.4, 0.5) is 0 Å². The summed E-state index contributed by atoms with van der Waals surface area (Å²) in [4.78, 5) is 7.79. The van der Waals surface area contributed by atoms with E-state index in [9.17, 15) is 0 Å². The van der Waals surface area contributed by atoms with Gasteiger partial charge in [-0.1, -0.05) is 28.1 Å². The molecule has 1 aromatic carbocycles. The molecule has 0 radical (unpaired) electrons. The number of benzene rings is 1. The molecule has 2 nitrogen and oxygen atoms in total. The molecule has 0 spiro atoms. The van der Waals surface area contributed by atoms with Gasteiger partial charge in [-0.05, 0) is 24.3 Å². The fraction of sp³-hybridized carbons (Fsp3) is 0. The third-order valence-electron chi connectivity index (χ3n) is 2.47. The molecule has 0 amide bonds. The Labute approximate surface area is 128 Å². The van der Waals surface area contributed by atoms with Crippen LogP contribution < -0.4 is 0 Å². The van der Waals surface area contributed by atoms with Crippen LogP contribution in [0, 0.1) is 0 Å². The molecular formula is C13H10Br2N2S. The smallest absolute Gasteiger partial charge is 0.140 e. The molecule has 0 aliphatic carbocycles. The third kappa shape index (κ3) is 2.74. The highest BCUT2D eigenvalue weighted by Crippen LogP contribution is 2.28. The second-order valence-corrected chi connectivity index (χ2v) is 5.40. The molecule has 0 unspecified atom stereocenters. The van der Waals surface area contributed by atoms with Crippen molar-refractivity contribution >= 4 is 44.2 Å². The number of aromatic nitrogens is 2. The third-order valence-corrected chi connectivity index (χ3v) is 3.88. The minimum atomic E-state index is 0. The zero-order valence-electron chi connectivity index (χ0n) is 9.26. The Kier molecular flexibility index (Phi) is 4.37. The molecule has 0 aliphatic rings. The largest absolute Gasteiger partial charge is 0.359 e. The van der Waals surface area contributed by atoms with Gasteiger partial charge >= 0.3 is 0 Å². The molecule has 0 aliphatic heterocycles. The highest BCUT2D eigenvalue weighted by atomic mass is 79.9. The van der Waals surface area contributed by atoms with Crippen LogP contribution in [0.1, 0.15) is 0 Å². The zero-order chi connectivity index (χ0) is 11.7. The standard InChI is InChI=1S/C13H9BrN2S.BrH/c14-10-5-3-9(4-6-10)12-8-17-13(16-12)11-2-1-7-15-11;/h1-8,15H;1H. The Morgan fingerprint density at radius 1 is 1.11 bits per heavy atom. The van der Waals surface area contributed by atoms with Crippen LogP contribution in [-0.4, -0.2) is 9.97 Å². The average Bonchev–Trinajstić information content (AvgIpc) is 3.00. The van der Waals surface area contributed by atoms with Crippen molar-refractivity contribution in [3.05, 3.63) is 52.4 Å². The molecule has 3 aromatic rings. The molecule has 0 bridgehead atoms. The highest BCUT2D eigenvalue weighted by molar-refractivity contribution is 9.10. The number of nitrogens with one attached hydrogen (secondary N) is 1. The minimum absolute atomic E-state index is 0. The molecular weight excluding hydrogens is 376 g/mol. The maximum atomic E-state index is 4.62. The Morgan fingerprint density at radius 2 is 1.89 bits per heavy atom. The maximum Gasteiger partial charge on any atom is 0.140 e. The van der Waals surface area contributed by atoms with E-state index in [0.717, 1.165) is 26.4 Å². The number of H-pyrrole nitrogens is 1. The Hall–Kier alpha value is -0.910. The van der Waals surface area contributed by atoms with Crippen LogP contribution in [0.2, 0.25) is 0 Å². The van der Waals surface area contributed by atoms with Gasteiger partial charge in [0.1, 0.15) is 5.01 Å². The molecule has 0 saturated carbocycles. The van der Waals surface area contributed by atoms with Crippen molar-refractivity contribution in [1.29, 1.82) is 0 Å². The van der Waals surface area contributed by atoms with E-state index in [1.165, 1.54) is 0 Å². The predicted molar refractivity (Wildman–Crippen MR) is 85.4 cm³/mol. The lowest BCUT2D eigenvalue weighted by atomic mass is 10.2. The summed E-state index contributed by atoms with van der Waals surface area (Å²) in [6.45, 7) is 0. The summed E-state index contributed by atoms with van der Waals surface area (Å²) in [5.74, 6) is 0. The molecule has 0 atom stereocenters. The summed E-state index contributed by atoms with van der Waals surface area (Å²) in [5.41, 5.74) is 3.23. The summed E-state index contributed by atoms with van der Waals surface area (Å²) < 4.78 is 1.08. The van der Waals surface area contributed by atoms with E-state index in [0.29, 0.717) is 0 Å². The van der Waals surface area contributed by atoms with Crippen molar-refractivity contribution in [2.45, 2.75) is 0 Å². The van der Waals surface area contributed by atoms with Gasteiger partial charge in [-0.25, -0.2) is 4.98 Å². The van der Waals surface area contributed by atoms with Crippen LogP contribution in [0.3, 0.4) is 0 Å². The first-order chi connectivity index (χ1) is 8.33. The van der Waals surface area contributed by atoms with Crippen LogP contribution >= 0.6 is 44.2 Å². The number of halogens is 2. The molecule has 18 heavy (non-hydrogen) atoms. The molecule has 92 valence electrons. The van der Waals surface area contributed by atoms with E-state index in [1.807, 2.05) is 30.5 Å². The number of hydrogen-bond acceptors (Lipinski definition) is 2. The summed E-state index contributed by atoms with van der Waals surface area (Å²) in [5, 5.41) is 3.10. The fourth-order valence-electron chi connectivity index (χ4n) is 1.61. The van der Waals surface area contributed by atoms with Gasteiger partial charge in [0, 0.05) is 21.6 Å². The second kappa shape index (κ2) is 5.82. The van der Waals surface area contributed by atoms with Crippen LogP contribution in [0.25, 0.3) is 22.0 Å². The average molecular weight is 386 g/mol. The molecule has 1 N–H and O–H groups in total. The topological polar surface area (TPSA) is 28.7 Å². The van der Waals surface area contributed by atoms with E-state index in [1.54, 1.807) is 11.3 Å². The van der Waals surface area contributed by atoms with Gasteiger partial charge < -0.3 is 4.98 Å². The quantitative estimate of drug-likeness (QED) is 0.649. The van der Waals surface area contributed by atoms with E-state index in [4.69, 9.17) is 0 Å². The monoisotopic (exact) mass is 384 g/mol. The van der Waals surface area contributed by atoms with E-state index < -0.39 is 0 Å². The van der Waals surface area contributed by atoms with Crippen molar-refractivity contribution in [2.75, 3.05) is 0 Å². The van der Waals surface area contributed by atoms with Crippen LogP contribution in [-0.2, 0) is 0 Å². The van der Waals surface area contributed by atoms with Gasteiger partial charge in [-0.2, -0.15) is 0 Å². The maximum absolute atomic E-state index is 4.62. The Morgan fingerprint density at radius 3 is 2.56 bits per heavy atom. The highest BCUT2D eigenvalue weighted by Gasteiger charge is 2.06. The lowest BCUT2D eigenvalue weighted by Crippen LogP contribution is -1.79. The number of hydrogen-bond donors (Lipinski definition) is 1. The fourth-order valence-corrected chi connectivity index (χ4v) is 2.70. The molecule has 2 heterocycles. The first-order valence-corrected chi connectivity index (χ1v) is 6.85. The van der Waals surface area contributed by atoms with Crippen molar-refractivity contribution < 1.29 is 0 Å².